The van der Waals surface area contributed by atoms with Gasteiger partial charge in [-0.25, -0.2) is 8.42 Å². The Hall–Kier alpha value is -1.80. The summed E-state index contributed by atoms with van der Waals surface area (Å²) < 4.78 is 32.2. The van der Waals surface area contributed by atoms with E-state index < -0.39 is 15.9 Å². The average Bonchev–Trinajstić information content (AvgIpc) is 2.67. The van der Waals surface area contributed by atoms with Crippen LogP contribution in [-0.2, 0) is 21.4 Å². The number of amides is 1. The number of ether oxygens (including phenoxy) is 1. The number of halogens is 2. The Labute approximate surface area is 175 Å². The minimum Gasteiger partial charge on any atom is -0.492 e. The van der Waals surface area contributed by atoms with Crippen molar-refractivity contribution >= 4 is 39.1 Å². The molecule has 0 aliphatic carbocycles. The van der Waals surface area contributed by atoms with Crippen LogP contribution >= 0.6 is 23.2 Å². The largest absolute Gasteiger partial charge is 0.492 e. The second kappa shape index (κ2) is 10.1. The molecular weight excluding hydrogens is 423 g/mol. The molecule has 0 aromatic heterocycles. The van der Waals surface area contributed by atoms with Gasteiger partial charge in [0.25, 0.3) is 0 Å². The van der Waals surface area contributed by atoms with Crippen molar-refractivity contribution in [2.24, 2.45) is 0 Å². The molecule has 9 heteroatoms. The zero-order valence-corrected chi connectivity index (χ0v) is 17.9. The molecule has 0 unspecified atom stereocenters. The molecule has 0 bridgehead atoms. The van der Waals surface area contributed by atoms with Crippen LogP contribution in [0.1, 0.15) is 19.4 Å². The van der Waals surface area contributed by atoms with E-state index in [1.165, 1.54) is 18.2 Å². The first-order valence-corrected chi connectivity index (χ1v) is 10.9. The highest BCUT2D eigenvalue weighted by atomic mass is 35.5. The highest BCUT2D eigenvalue weighted by Gasteiger charge is 2.26. The van der Waals surface area contributed by atoms with Crippen molar-refractivity contribution in [3.05, 3.63) is 58.1 Å². The van der Waals surface area contributed by atoms with E-state index >= 15 is 0 Å². The number of hydrogen-bond donors (Lipinski definition) is 1. The highest BCUT2D eigenvalue weighted by molar-refractivity contribution is 7.89. The fourth-order valence-corrected chi connectivity index (χ4v) is 4.42. The van der Waals surface area contributed by atoms with Gasteiger partial charge in [0, 0.05) is 18.1 Å². The summed E-state index contributed by atoms with van der Waals surface area (Å²) >= 11 is 12.2. The van der Waals surface area contributed by atoms with E-state index in [4.69, 9.17) is 27.9 Å². The first kappa shape index (κ1) is 22.5. The molecule has 2 aromatic carbocycles. The Morgan fingerprint density at radius 1 is 1.11 bits per heavy atom. The Balaban J connectivity index is 2.09. The predicted molar refractivity (Wildman–Crippen MR) is 110 cm³/mol. The van der Waals surface area contributed by atoms with E-state index in [9.17, 15) is 13.2 Å². The molecule has 1 amide bonds. The van der Waals surface area contributed by atoms with Crippen molar-refractivity contribution in [2.75, 3.05) is 19.7 Å². The second-order valence-corrected chi connectivity index (χ2v) is 8.58. The van der Waals surface area contributed by atoms with Crippen molar-refractivity contribution in [2.45, 2.75) is 25.3 Å². The van der Waals surface area contributed by atoms with Crippen LogP contribution in [0, 0.1) is 0 Å². The van der Waals surface area contributed by atoms with Gasteiger partial charge in [0.05, 0.1) is 23.1 Å². The molecular formula is C19H22Cl2N2O4S. The van der Waals surface area contributed by atoms with Crippen LogP contribution in [0.2, 0.25) is 10.0 Å². The molecule has 0 saturated heterocycles. The van der Waals surface area contributed by atoms with Crippen molar-refractivity contribution in [1.29, 1.82) is 0 Å². The van der Waals surface area contributed by atoms with Gasteiger partial charge in [-0.05, 0) is 36.8 Å². The molecule has 0 radical (unpaired) electrons. The molecule has 0 saturated carbocycles. The third-order valence-corrected chi connectivity index (χ3v) is 6.53. The number of hydrogen-bond acceptors (Lipinski definition) is 4. The van der Waals surface area contributed by atoms with E-state index in [1.807, 2.05) is 6.07 Å². The maximum Gasteiger partial charge on any atom is 0.243 e. The Morgan fingerprint density at radius 2 is 1.82 bits per heavy atom. The topological polar surface area (TPSA) is 75.7 Å². The third kappa shape index (κ3) is 5.61. The van der Waals surface area contributed by atoms with Gasteiger partial charge >= 0.3 is 0 Å². The molecule has 2 aromatic rings. The van der Waals surface area contributed by atoms with Crippen LogP contribution in [0.15, 0.2) is 47.4 Å². The number of carbonyl (C=O) groups is 1. The number of nitrogens with zero attached hydrogens (tertiary/aromatic N) is 1. The summed E-state index contributed by atoms with van der Waals surface area (Å²) in [7, 11) is -3.89. The summed E-state index contributed by atoms with van der Waals surface area (Å²) in [6.45, 7) is 3.92. The quantitative estimate of drug-likeness (QED) is 0.639. The molecule has 0 spiro atoms. The molecule has 0 aliphatic rings. The standard InChI is InChI=1S/C19H22Cl2N2O4S/c1-3-23(13-19(24)22-12-14-7-5-6-8-16(14)20)28(25,26)15-9-10-18(27-4-2)17(21)11-15/h5-11H,3-4,12-13H2,1-2H3,(H,22,24). The predicted octanol–water partition coefficient (Wildman–Crippen LogP) is 3.72. The molecule has 0 aliphatic heterocycles. The summed E-state index contributed by atoms with van der Waals surface area (Å²) in [5.41, 5.74) is 0.752. The number of sulfonamides is 1. The van der Waals surface area contributed by atoms with Crippen LogP contribution in [0.4, 0.5) is 0 Å². The molecule has 152 valence electrons. The first-order chi connectivity index (χ1) is 13.3. The van der Waals surface area contributed by atoms with E-state index in [1.54, 1.807) is 32.0 Å². The van der Waals surface area contributed by atoms with Crippen LogP contribution in [0.25, 0.3) is 0 Å². The van der Waals surface area contributed by atoms with Crippen LogP contribution in [0.3, 0.4) is 0 Å². The monoisotopic (exact) mass is 444 g/mol. The summed E-state index contributed by atoms with van der Waals surface area (Å²) in [6.07, 6.45) is 0. The van der Waals surface area contributed by atoms with E-state index in [2.05, 4.69) is 5.32 Å². The SMILES string of the molecule is CCOc1ccc(S(=O)(=O)N(CC)CC(=O)NCc2ccccc2Cl)cc1Cl. The fourth-order valence-electron chi connectivity index (χ4n) is 2.48. The lowest BCUT2D eigenvalue weighted by Crippen LogP contribution is -2.40. The Morgan fingerprint density at radius 3 is 2.43 bits per heavy atom. The van der Waals surface area contributed by atoms with E-state index in [0.717, 1.165) is 9.87 Å². The van der Waals surface area contributed by atoms with Crippen LogP contribution in [0.5, 0.6) is 5.75 Å². The number of benzene rings is 2. The van der Waals surface area contributed by atoms with Crippen molar-refractivity contribution in [3.63, 3.8) is 0 Å². The van der Waals surface area contributed by atoms with Crippen LogP contribution < -0.4 is 10.1 Å². The van der Waals surface area contributed by atoms with E-state index in [0.29, 0.717) is 17.4 Å². The molecule has 28 heavy (non-hydrogen) atoms. The smallest absolute Gasteiger partial charge is 0.243 e. The zero-order chi connectivity index (χ0) is 20.7. The van der Waals surface area contributed by atoms with Gasteiger partial charge in [0.2, 0.25) is 15.9 Å². The summed E-state index contributed by atoms with van der Waals surface area (Å²) in [4.78, 5) is 12.3. The van der Waals surface area contributed by atoms with Crippen molar-refractivity contribution in [3.8, 4) is 5.75 Å². The Bertz CT molecular complexity index is 935. The van der Waals surface area contributed by atoms with Gasteiger partial charge in [-0.15, -0.1) is 0 Å². The third-order valence-electron chi connectivity index (χ3n) is 3.95. The lowest BCUT2D eigenvalue weighted by Gasteiger charge is -2.20. The molecule has 6 nitrogen and oxygen atoms in total. The van der Waals surface area contributed by atoms with Crippen molar-refractivity contribution < 1.29 is 17.9 Å². The summed E-state index contributed by atoms with van der Waals surface area (Å²) in [6, 6.07) is 11.4. The number of likely N-dealkylation sites (N-methyl/N-ethyl adjacent to an activating group) is 1. The second-order valence-electron chi connectivity index (χ2n) is 5.82. The van der Waals surface area contributed by atoms with Gasteiger partial charge in [-0.1, -0.05) is 48.3 Å². The van der Waals surface area contributed by atoms with Gasteiger partial charge in [0.1, 0.15) is 5.75 Å². The molecule has 0 heterocycles. The molecule has 0 fully saturated rings. The normalized spacial score (nSPS) is 11.5. The van der Waals surface area contributed by atoms with Gasteiger partial charge in [-0.3, -0.25) is 4.79 Å². The molecule has 0 atom stereocenters. The maximum atomic E-state index is 12.9. The molecule has 2 rings (SSSR count). The zero-order valence-electron chi connectivity index (χ0n) is 15.6. The number of carbonyl (C=O) groups excluding carboxylic acids is 1. The average molecular weight is 445 g/mol. The molecule has 1 N–H and O–H groups in total. The number of rotatable bonds is 9. The summed E-state index contributed by atoms with van der Waals surface area (Å²) in [5.74, 6) is -0.0222. The van der Waals surface area contributed by atoms with E-state index in [-0.39, 0.29) is 29.6 Å². The minimum absolute atomic E-state index is 0.00158. The lowest BCUT2D eigenvalue weighted by atomic mass is 10.2. The highest BCUT2D eigenvalue weighted by Crippen LogP contribution is 2.28. The van der Waals surface area contributed by atoms with Gasteiger partial charge < -0.3 is 10.1 Å². The van der Waals surface area contributed by atoms with Gasteiger partial charge in [0.15, 0.2) is 0 Å². The fraction of sp³-hybridized carbons (Fsp3) is 0.316. The Kier molecular flexibility index (Phi) is 8.12. The maximum absolute atomic E-state index is 12.9. The van der Waals surface area contributed by atoms with Gasteiger partial charge in [-0.2, -0.15) is 4.31 Å². The van der Waals surface area contributed by atoms with Crippen LogP contribution in [-0.4, -0.2) is 38.3 Å². The lowest BCUT2D eigenvalue weighted by molar-refractivity contribution is -0.121. The van der Waals surface area contributed by atoms with Crippen molar-refractivity contribution in [1.82, 2.24) is 9.62 Å². The number of nitrogens with one attached hydrogen (secondary N) is 1. The summed E-state index contributed by atoms with van der Waals surface area (Å²) in [5, 5.41) is 3.42. The minimum atomic E-state index is -3.89. The first-order valence-electron chi connectivity index (χ1n) is 8.72.